The van der Waals surface area contributed by atoms with Crippen molar-refractivity contribution in [1.29, 1.82) is 0 Å². The first-order valence-electron chi connectivity index (χ1n) is 8.21. The van der Waals surface area contributed by atoms with Crippen LogP contribution >= 0.6 is 27.7 Å². The Morgan fingerprint density at radius 1 is 1.18 bits per heavy atom. The minimum absolute atomic E-state index is 0.0138. The molecule has 0 radical (unpaired) electrons. The number of halogens is 1. The Bertz CT molecular complexity index is 1080. The minimum atomic E-state index is -0.468. The SMILES string of the molecule is NC1=NC(=O)S/C1=C1/C(=O)N(CC(=O)Nc2ccccc2)c2ccc(Br)cc21. The van der Waals surface area contributed by atoms with E-state index in [9.17, 15) is 14.4 Å². The third-order valence-corrected chi connectivity index (χ3v) is 5.57. The monoisotopic (exact) mass is 456 g/mol. The summed E-state index contributed by atoms with van der Waals surface area (Å²) in [5, 5.41) is 2.30. The second-order valence-electron chi connectivity index (χ2n) is 6.04. The van der Waals surface area contributed by atoms with Crippen LogP contribution in [0.15, 0.2) is 62.9 Å². The summed E-state index contributed by atoms with van der Waals surface area (Å²) in [6.07, 6.45) is 0. The third-order valence-electron chi connectivity index (χ3n) is 4.20. The van der Waals surface area contributed by atoms with Crippen molar-refractivity contribution in [2.24, 2.45) is 10.7 Å². The number of nitrogens with two attached hydrogens (primary N) is 1. The summed E-state index contributed by atoms with van der Waals surface area (Å²) in [5.74, 6) is -0.719. The summed E-state index contributed by atoms with van der Waals surface area (Å²) in [5.41, 5.74) is 7.94. The van der Waals surface area contributed by atoms with Gasteiger partial charge in [-0.15, -0.1) is 0 Å². The van der Waals surface area contributed by atoms with Gasteiger partial charge in [0.15, 0.2) is 0 Å². The summed E-state index contributed by atoms with van der Waals surface area (Å²) in [6, 6.07) is 14.3. The van der Waals surface area contributed by atoms with E-state index in [0.717, 1.165) is 16.2 Å². The average Bonchev–Trinajstić information content (AvgIpc) is 3.11. The van der Waals surface area contributed by atoms with Gasteiger partial charge in [0.25, 0.3) is 5.91 Å². The molecular formula is C19H13BrN4O3S. The lowest BCUT2D eigenvalue weighted by atomic mass is 10.1. The van der Waals surface area contributed by atoms with Gasteiger partial charge in [-0.3, -0.25) is 19.3 Å². The highest BCUT2D eigenvalue weighted by Crippen LogP contribution is 2.43. The van der Waals surface area contributed by atoms with Crippen LogP contribution in [0.4, 0.5) is 16.2 Å². The van der Waals surface area contributed by atoms with E-state index >= 15 is 0 Å². The van der Waals surface area contributed by atoms with Gasteiger partial charge in [0.1, 0.15) is 12.4 Å². The molecule has 4 rings (SSSR count). The molecule has 0 atom stereocenters. The third kappa shape index (κ3) is 3.34. The number of amidine groups is 1. The van der Waals surface area contributed by atoms with Gasteiger partial charge in [-0.05, 0) is 42.1 Å². The molecule has 0 saturated heterocycles. The zero-order chi connectivity index (χ0) is 19.8. The lowest BCUT2D eigenvalue weighted by Crippen LogP contribution is -2.35. The van der Waals surface area contributed by atoms with Gasteiger partial charge in [0.05, 0.1) is 16.2 Å². The van der Waals surface area contributed by atoms with E-state index in [-0.39, 0.29) is 23.9 Å². The van der Waals surface area contributed by atoms with Gasteiger partial charge >= 0.3 is 5.24 Å². The fourth-order valence-corrected chi connectivity index (χ4v) is 4.17. The highest BCUT2D eigenvalue weighted by atomic mass is 79.9. The van der Waals surface area contributed by atoms with E-state index in [1.165, 1.54) is 4.90 Å². The zero-order valence-electron chi connectivity index (χ0n) is 14.3. The Labute approximate surface area is 172 Å². The molecule has 0 aliphatic carbocycles. The first-order chi connectivity index (χ1) is 13.4. The van der Waals surface area contributed by atoms with Gasteiger partial charge in [-0.1, -0.05) is 34.1 Å². The molecule has 28 heavy (non-hydrogen) atoms. The predicted molar refractivity (Wildman–Crippen MR) is 113 cm³/mol. The molecule has 2 aromatic rings. The molecule has 2 aliphatic heterocycles. The van der Waals surface area contributed by atoms with Crippen molar-refractivity contribution in [2.45, 2.75) is 0 Å². The van der Waals surface area contributed by atoms with Gasteiger partial charge in [0, 0.05) is 15.7 Å². The van der Waals surface area contributed by atoms with Crippen LogP contribution in [0, 0.1) is 0 Å². The molecule has 3 amide bonds. The fourth-order valence-electron chi connectivity index (χ4n) is 3.04. The van der Waals surface area contributed by atoms with Crippen LogP contribution in [0.3, 0.4) is 0 Å². The van der Waals surface area contributed by atoms with Crippen LogP contribution in [-0.4, -0.2) is 29.4 Å². The van der Waals surface area contributed by atoms with Crippen molar-refractivity contribution in [3.05, 3.63) is 63.5 Å². The van der Waals surface area contributed by atoms with Crippen LogP contribution < -0.4 is 16.0 Å². The van der Waals surface area contributed by atoms with Crippen molar-refractivity contribution in [3.8, 4) is 0 Å². The number of benzene rings is 2. The first-order valence-corrected chi connectivity index (χ1v) is 9.82. The Hall–Kier alpha value is -2.91. The molecular weight excluding hydrogens is 444 g/mol. The van der Waals surface area contributed by atoms with Crippen molar-refractivity contribution in [1.82, 2.24) is 0 Å². The number of carbonyl (C=O) groups is 3. The zero-order valence-corrected chi connectivity index (χ0v) is 16.7. The van der Waals surface area contributed by atoms with E-state index < -0.39 is 11.1 Å². The summed E-state index contributed by atoms with van der Waals surface area (Å²) in [7, 11) is 0. The summed E-state index contributed by atoms with van der Waals surface area (Å²) >= 11 is 4.21. The standard InChI is InChI=1S/C19H13BrN4O3S/c20-10-6-7-13-12(8-10)15(16-17(21)23-19(27)28-16)18(26)24(13)9-14(25)22-11-4-2-1-3-5-11/h1-8H,9H2,(H,22,25)(H2,21,23,27)/b16-15+. The largest absolute Gasteiger partial charge is 0.383 e. The molecule has 140 valence electrons. The molecule has 0 aromatic heterocycles. The number of hydrogen-bond acceptors (Lipinski definition) is 5. The molecule has 0 bridgehead atoms. The van der Waals surface area contributed by atoms with Crippen molar-refractivity contribution < 1.29 is 14.4 Å². The topological polar surface area (TPSA) is 105 Å². The predicted octanol–water partition coefficient (Wildman–Crippen LogP) is 3.37. The van der Waals surface area contributed by atoms with Crippen LogP contribution in [0.1, 0.15) is 5.56 Å². The number of hydrogen-bond donors (Lipinski definition) is 2. The molecule has 2 aromatic carbocycles. The number of rotatable bonds is 3. The summed E-state index contributed by atoms with van der Waals surface area (Å²) < 4.78 is 0.762. The van der Waals surface area contributed by atoms with Crippen molar-refractivity contribution >= 4 is 67.5 Å². The highest BCUT2D eigenvalue weighted by Gasteiger charge is 2.38. The van der Waals surface area contributed by atoms with E-state index in [1.54, 1.807) is 30.3 Å². The molecule has 9 heteroatoms. The van der Waals surface area contributed by atoms with Crippen LogP contribution in [-0.2, 0) is 9.59 Å². The Morgan fingerprint density at radius 3 is 2.61 bits per heavy atom. The maximum atomic E-state index is 13.1. The highest BCUT2D eigenvalue weighted by molar-refractivity contribution is 9.10. The number of fused-ring (bicyclic) bond motifs is 1. The maximum absolute atomic E-state index is 13.1. The van der Waals surface area contributed by atoms with Crippen LogP contribution in [0.2, 0.25) is 0 Å². The van der Waals surface area contributed by atoms with E-state index in [2.05, 4.69) is 26.2 Å². The lowest BCUT2D eigenvalue weighted by molar-refractivity contribution is -0.118. The number of anilines is 2. The molecule has 7 nitrogen and oxygen atoms in total. The Kier molecular flexibility index (Phi) is 4.78. The number of para-hydroxylation sites is 1. The number of thioether (sulfide) groups is 1. The molecule has 3 N–H and O–H groups in total. The van der Waals surface area contributed by atoms with Gasteiger partial charge in [-0.25, -0.2) is 0 Å². The van der Waals surface area contributed by atoms with E-state index in [4.69, 9.17) is 5.73 Å². The number of carbonyl (C=O) groups excluding carboxylic acids is 3. The van der Waals surface area contributed by atoms with Gasteiger partial charge in [-0.2, -0.15) is 4.99 Å². The van der Waals surface area contributed by atoms with E-state index in [0.29, 0.717) is 21.8 Å². The molecule has 0 saturated carbocycles. The summed E-state index contributed by atoms with van der Waals surface area (Å²) in [4.78, 5) is 42.6. The number of nitrogens with zero attached hydrogens (tertiary/aromatic N) is 2. The molecule has 2 heterocycles. The van der Waals surface area contributed by atoms with Crippen molar-refractivity contribution in [2.75, 3.05) is 16.8 Å². The molecule has 0 unspecified atom stereocenters. The number of nitrogens with one attached hydrogen (secondary N) is 1. The molecule has 2 aliphatic rings. The Morgan fingerprint density at radius 2 is 1.93 bits per heavy atom. The lowest BCUT2D eigenvalue weighted by Gasteiger charge is -2.17. The van der Waals surface area contributed by atoms with E-state index in [1.807, 2.05) is 18.2 Å². The number of aliphatic imine (C=N–C) groups is 1. The Balaban J connectivity index is 1.69. The van der Waals surface area contributed by atoms with Gasteiger partial charge in [0.2, 0.25) is 5.91 Å². The maximum Gasteiger partial charge on any atom is 0.311 e. The normalized spacial score (nSPS) is 18.3. The molecule has 0 spiro atoms. The van der Waals surface area contributed by atoms with Crippen LogP contribution in [0.5, 0.6) is 0 Å². The average molecular weight is 457 g/mol. The van der Waals surface area contributed by atoms with Crippen molar-refractivity contribution in [3.63, 3.8) is 0 Å². The summed E-state index contributed by atoms with van der Waals surface area (Å²) in [6.45, 7) is -0.172. The fraction of sp³-hybridized carbons (Fsp3) is 0.0526. The second-order valence-corrected chi connectivity index (χ2v) is 7.91. The van der Waals surface area contributed by atoms with Gasteiger partial charge < -0.3 is 11.1 Å². The van der Waals surface area contributed by atoms with Crippen LogP contribution in [0.25, 0.3) is 5.57 Å². The second kappa shape index (κ2) is 7.25. The molecule has 0 fully saturated rings. The minimum Gasteiger partial charge on any atom is -0.383 e. The number of amides is 3. The quantitative estimate of drug-likeness (QED) is 0.688. The smallest absolute Gasteiger partial charge is 0.311 e. The first kappa shape index (κ1) is 18.5.